The third-order valence-corrected chi connectivity index (χ3v) is 6.81. The van der Waals surface area contributed by atoms with Crippen LogP contribution in [0.25, 0.3) is 10.9 Å². The maximum absolute atomic E-state index is 12.6. The Morgan fingerprint density at radius 1 is 1.11 bits per heavy atom. The first kappa shape index (κ1) is 26.5. The number of hydrogen-bond donors (Lipinski definition) is 3. The molecule has 3 heterocycles. The molecule has 0 aliphatic carbocycles. The number of H-pyrrole nitrogens is 1. The number of carbonyl (C=O) groups is 1. The van der Waals surface area contributed by atoms with Gasteiger partial charge in [0.15, 0.2) is 5.78 Å². The number of anilines is 4. The van der Waals surface area contributed by atoms with E-state index in [4.69, 9.17) is 4.98 Å². The van der Waals surface area contributed by atoms with E-state index in [1.54, 1.807) is 20.0 Å². The Bertz CT molecular complexity index is 1300. The fourth-order valence-electron chi connectivity index (χ4n) is 5.05. The van der Waals surface area contributed by atoms with Gasteiger partial charge in [-0.3, -0.25) is 9.59 Å². The summed E-state index contributed by atoms with van der Waals surface area (Å²) in [5, 5.41) is 20.1. The number of aliphatic hydroxyl groups is 1. The average Bonchev–Trinajstić information content (AvgIpc) is 2.83. The summed E-state index contributed by atoms with van der Waals surface area (Å²) in [4.78, 5) is 38.8. The number of ketones is 1. The van der Waals surface area contributed by atoms with Crippen LogP contribution in [0.3, 0.4) is 0 Å². The van der Waals surface area contributed by atoms with Gasteiger partial charge in [0.05, 0.1) is 6.20 Å². The van der Waals surface area contributed by atoms with E-state index in [0.29, 0.717) is 22.7 Å². The highest BCUT2D eigenvalue weighted by Crippen LogP contribution is 2.29. The van der Waals surface area contributed by atoms with Crippen molar-refractivity contribution in [3.05, 3.63) is 40.8 Å². The SMILES string of the molecule is CC(C)N(c1nc(Nc2ccc(N3CCC(C(=O)C(C)(C)O)CC3)cc2)c2c(=O)[nH]ncc2n1)C(C)C. The van der Waals surface area contributed by atoms with Crippen molar-refractivity contribution in [3.8, 4) is 0 Å². The Balaban J connectivity index is 1.56. The van der Waals surface area contributed by atoms with E-state index < -0.39 is 5.60 Å². The van der Waals surface area contributed by atoms with Gasteiger partial charge in [0, 0.05) is 42.5 Å². The predicted molar refractivity (Wildman–Crippen MR) is 147 cm³/mol. The first-order valence-corrected chi connectivity index (χ1v) is 12.9. The molecule has 0 radical (unpaired) electrons. The standard InChI is InChI=1S/C27H37N7O3/c1-16(2)34(17(3)4)26-30-21-15-28-32-25(36)22(21)24(31-26)29-19-7-9-20(10-8-19)33-13-11-18(12-14-33)23(35)27(5,6)37/h7-10,15-18,37H,11-14H2,1-6H3,(H,32,36)(H,29,30,31). The van der Waals surface area contributed by atoms with E-state index in [0.717, 1.165) is 37.3 Å². The van der Waals surface area contributed by atoms with Gasteiger partial charge in [0.1, 0.15) is 22.3 Å². The molecule has 1 saturated heterocycles. The lowest BCUT2D eigenvalue weighted by Crippen LogP contribution is -2.43. The first-order chi connectivity index (χ1) is 17.5. The summed E-state index contributed by atoms with van der Waals surface area (Å²) in [7, 11) is 0. The highest BCUT2D eigenvalue weighted by Gasteiger charge is 2.33. The van der Waals surface area contributed by atoms with Crippen LogP contribution in [0.15, 0.2) is 35.3 Å². The monoisotopic (exact) mass is 507 g/mol. The fraction of sp³-hybridized carbons (Fsp3) is 0.519. The first-order valence-electron chi connectivity index (χ1n) is 12.9. The maximum atomic E-state index is 12.6. The topological polar surface area (TPSA) is 127 Å². The zero-order valence-corrected chi connectivity index (χ0v) is 22.4. The molecule has 0 saturated carbocycles. The van der Waals surface area contributed by atoms with Crippen LogP contribution in [-0.4, -0.2) is 61.8 Å². The van der Waals surface area contributed by atoms with E-state index in [1.807, 2.05) is 24.3 Å². The van der Waals surface area contributed by atoms with E-state index in [1.165, 1.54) is 0 Å². The van der Waals surface area contributed by atoms with Crippen LogP contribution in [0.2, 0.25) is 0 Å². The largest absolute Gasteiger partial charge is 0.383 e. The number of fused-ring (bicyclic) bond motifs is 1. The van der Waals surface area contributed by atoms with E-state index in [-0.39, 0.29) is 29.3 Å². The van der Waals surface area contributed by atoms with E-state index >= 15 is 0 Å². The summed E-state index contributed by atoms with van der Waals surface area (Å²) in [5.41, 5.74) is 0.680. The molecule has 2 aromatic heterocycles. The molecule has 1 fully saturated rings. The van der Waals surface area contributed by atoms with Gasteiger partial charge in [-0.05, 0) is 78.6 Å². The minimum absolute atomic E-state index is 0.0816. The van der Waals surface area contributed by atoms with Gasteiger partial charge in [-0.1, -0.05) is 0 Å². The normalized spacial score (nSPS) is 15.0. The van der Waals surface area contributed by atoms with Gasteiger partial charge in [0.25, 0.3) is 5.56 Å². The second-order valence-corrected chi connectivity index (χ2v) is 10.8. The number of nitrogens with zero attached hydrogens (tertiary/aromatic N) is 5. The van der Waals surface area contributed by atoms with Crippen LogP contribution in [0.5, 0.6) is 0 Å². The lowest BCUT2D eigenvalue weighted by atomic mass is 9.85. The van der Waals surface area contributed by atoms with Crippen molar-refractivity contribution in [2.24, 2.45) is 5.92 Å². The van der Waals surface area contributed by atoms with Gasteiger partial charge in [-0.15, -0.1) is 0 Å². The number of aromatic amines is 1. The van der Waals surface area contributed by atoms with Gasteiger partial charge < -0.3 is 20.2 Å². The Morgan fingerprint density at radius 3 is 2.30 bits per heavy atom. The molecule has 4 rings (SSSR count). The number of nitrogens with one attached hydrogen (secondary N) is 2. The quantitative estimate of drug-likeness (QED) is 0.419. The van der Waals surface area contributed by atoms with Crippen molar-refractivity contribution < 1.29 is 9.90 Å². The fourth-order valence-corrected chi connectivity index (χ4v) is 5.05. The van der Waals surface area contributed by atoms with Crippen LogP contribution in [0.4, 0.5) is 23.1 Å². The molecule has 1 aromatic carbocycles. The molecular weight excluding hydrogens is 470 g/mol. The summed E-state index contributed by atoms with van der Waals surface area (Å²) >= 11 is 0. The number of benzene rings is 1. The predicted octanol–water partition coefficient (Wildman–Crippen LogP) is 3.64. The zero-order chi connectivity index (χ0) is 26.9. The average molecular weight is 508 g/mol. The highest BCUT2D eigenvalue weighted by molar-refractivity contribution is 5.90. The number of aromatic nitrogens is 4. The van der Waals surface area contributed by atoms with Crippen molar-refractivity contribution in [3.63, 3.8) is 0 Å². The molecule has 10 nitrogen and oxygen atoms in total. The third-order valence-electron chi connectivity index (χ3n) is 6.81. The van der Waals surface area contributed by atoms with Gasteiger partial charge in [-0.2, -0.15) is 10.1 Å². The van der Waals surface area contributed by atoms with Crippen LogP contribution in [0.1, 0.15) is 54.4 Å². The molecule has 3 N–H and O–H groups in total. The Labute approximate surface area is 217 Å². The molecule has 0 atom stereocenters. The second kappa shape index (κ2) is 10.5. The molecule has 0 spiro atoms. The lowest BCUT2D eigenvalue weighted by Gasteiger charge is -2.35. The van der Waals surface area contributed by atoms with Crippen molar-refractivity contribution in [1.29, 1.82) is 0 Å². The van der Waals surface area contributed by atoms with Gasteiger partial charge in [0.2, 0.25) is 5.95 Å². The molecule has 0 bridgehead atoms. The molecule has 0 unspecified atom stereocenters. The van der Waals surface area contributed by atoms with Crippen LogP contribution in [0, 0.1) is 5.92 Å². The molecule has 37 heavy (non-hydrogen) atoms. The maximum Gasteiger partial charge on any atom is 0.277 e. The zero-order valence-electron chi connectivity index (χ0n) is 22.4. The van der Waals surface area contributed by atoms with E-state index in [9.17, 15) is 14.7 Å². The van der Waals surface area contributed by atoms with E-state index in [2.05, 4.69) is 58.0 Å². The van der Waals surface area contributed by atoms with Crippen LogP contribution >= 0.6 is 0 Å². The number of carbonyl (C=O) groups excluding carboxylic acids is 1. The minimum atomic E-state index is -1.29. The smallest absolute Gasteiger partial charge is 0.277 e. The molecule has 1 aliphatic heterocycles. The molecule has 0 amide bonds. The summed E-state index contributed by atoms with van der Waals surface area (Å²) in [6.45, 7) is 13.0. The van der Waals surface area contributed by atoms with Crippen LogP contribution in [-0.2, 0) is 4.79 Å². The van der Waals surface area contributed by atoms with Crippen molar-refractivity contribution in [2.75, 3.05) is 28.2 Å². The molecular formula is C27H37N7O3. The number of hydrogen-bond acceptors (Lipinski definition) is 9. The molecule has 198 valence electrons. The Kier molecular flexibility index (Phi) is 7.49. The number of rotatable bonds is 8. The summed E-state index contributed by atoms with van der Waals surface area (Å²) in [6, 6.07) is 8.28. The summed E-state index contributed by atoms with van der Waals surface area (Å²) in [6.07, 6.45) is 2.98. The molecule has 3 aromatic rings. The summed E-state index contributed by atoms with van der Waals surface area (Å²) in [5.74, 6) is 0.768. The van der Waals surface area contributed by atoms with Crippen LogP contribution < -0.4 is 20.7 Å². The van der Waals surface area contributed by atoms with Crippen molar-refractivity contribution in [2.45, 2.75) is 72.1 Å². The third kappa shape index (κ3) is 5.74. The van der Waals surface area contributed by atoms with Gasteiger partial charge in [-0.25, -0.2) is 10.1 Å². The number of piperidine rings is 1. The molecule has 10 heteroatoms. The Hall–Kier alpha value is -3.53. The van der Waals surface area contributed by atoms with Gasteiger partial charge >= 0.3 is 0 Å². The lowest BCUT2D eigenvalue weighted by molar-refractivity contribution is -0.139. The minimum Gasteiger partial charge on any atom is -0.383 e. The number of Topliss-reactive ketones (excluding diaryl/α,β-unsaturated/α-hetero) is 1. The van der Waals surface area contributed by atoms with Crippen molar-refractivity contribution in [1.82, 2.24) is 20.2 Å². The summed E-state index contributed by atoms with van der Waals surface area (Å²) < 4.78 is 0. The second-order valence-electron chi connectivity index (χ2n) is 10.8. The van der Waals surface area contributed by atoms with Crippen molar-refractivity contribution >= 4 is 39.8 Å². The molecule has 1 aliphatic rings. The Morgan fingerprint density at radius 2 is 1.73 bits per heavy atom. The highest BCUT2D eigenvalue weighted by atomic mass is 16.3.